The first-order chi connectivity index (χ1) is 8.66. The minimum absolute atomic E-state index is 0.248. The number of carbonyl (C=O) groups excluding carboxylic acids is 1. The summed E-state index contributed by atoms with van der Waals surface area (Å²) in [4.78, 5) is 12.7. The zero-order valence-electron chi connectivity index (χ0n) is 9.68. The summed E-state index contributed by atoms with van der Waals surface area (Å²) in [5.74, 6) is -0.869. The number of rotatable bonds is 3. The number of nitrogens with zero attached hydrogens (tertiary/aromatic N) is 1. The monoisotopic (exact) mass is 262 g/mol. The molecule has 0 bridgehead atoms. The molecule has 0 saturated carbocycles. The van der Waals surface area contributed by atoms with E-state index in [2.05, 4.69) is 10.5 Å². The van der Waals surface area contributed by atoms with Crippen LogP contribution in [0.25, 0.3) is 0 Å². The van der Waals surface area contributed by atoms with Crippen molar-refractivity contribution < 1.29 is 9.18 Å². The second-order valence-corrected chi connectivity index (χ2v) is 4.57. The summed E-state index contributed by atoms with van der Waals surface area (Å²) in [6.07, 6.45) is 0. The maximum atomic E-state index is 12.9. The molecule has 2 aromatic rings. The zero-order valence-corrected chi connectivity index (χ0v) is 10.5. The number of benzene rings is 1. The van der Waals surface area contributed by atoms with Crippen molar-refractivity contribution in [3.05, 3.63) is 58.0 Å². The molecule has 0 radical (unpaired) electrons. The maximum Gasteiger partial charge on any atom is 0.271 e. The van der Waals surface area contributed by atoms with Gasteiger partial charge in [0.05, 0.1) is 5.71 Å². The molecule has 0 spiro atoms. The van der Waals surface area contributed by atoms with E-state index in [-0.39, 0.29) is 5.56 Å². The highest BCUT2D eigenvalue weighted by Crippen LogP contribution is 2.09. The van der Waals surface area contributed by atoms with Crippen molar-refractivity contribution in [1.82, 2.24) is 5.43 Å². The summed E-state index contributed by atoms with van der Waals surface area (Å²) in [5.41, 5.74) is 3.37. The Kier molecular flexibility index (Phi) is 3.84. The van der Waals surface area contributed by atoms with Crippen molar-refractivity contribution in [3.8, 4) is 0 Å². The molecule has 2 rings (SSSR count). The van der Waals surface area contributed by atoms with Crippen LogP contribution in [0.2, 0.25) is 0 Å². The average molecular weight is 262 g/mol. The topological polar surface area (TPSA) is 41.5 Å². The van der Waals surface area contributed by atoms with E-state index in [1.54, 1.807) is 6.92 Å². The van der Waals surface area contributed by atoms with Crippen LogP contribution in [0.4, 0.5) is 4.39 Å². The van der Waals surface area contributed by atoms with E-state index in [0.29, 0.717) is 0 Å². The lowest BCUT2D eigenvalue weighted by Crippen LogP contribution is -2.19. The van der Waals surface area contributed by atoms with Crippen LogP contribution in [0.1, 0.15) is 22.2 Å². The highest BCUT2D eigenvalue weighted by Gasteiger charge is 2.05. The highest BCUT2D eigenvalue weighted by atomic mass is 32.1. The van der Waals surface area contributed by atoms with E-state index < -0.39 is 11.7 Å². The van der Waals surface area contributed by atoms with Gasteiger partial charge in [-0.2, -0.15) is 5.10 Å². The van der Waals surface area contributed by atoms with Crippen molar-refractivity contribution in [2.75, 3.05) is 0 Å². The van der Waals surface area contributed by atoms with Gasteiger partial charge in [0.1, 0.15) is 5.82 Å². The number of hydrazone groups is 1. The van der Waals surface area contributed by atoms with E-state index in [4.69, 9.17) is 0 Å². The van der Waals surface area contributed by atoms with Crippen LogP contribution in [0.3, 0.4) is 0 Å². The summed E-state index contributed by atoms with van der Waals surface area (Å²) in [6.45, 7) is 1.80. The molecular formula is C13H11FN2OS. The number of halogens is 1. The number of nitrogens with one attached hydrogen (secondary N) is 1. The van der Waals surface area contributed by atoms with Crippen molar-refractivity contribution in [2.45, 2.75) is 6.92 Å². The molecule has 0 aliphatic rings. The van der Waals surface area contributed by atoms with Crippen LogP contribution in [0, 0.1) is 5.82 Å². The van der Waals surface area contributed by atoms with Gasteiger partial charge in [-0.05, 0) is 36.6 Å². The van der Waals surface area contributed by atoms with Gasteiger partial charge < -0.3 is 0 Å². The van der Waals surface area contributed by atoms with Gasteiger partial charge in [0, 0.05) is 10.4 Å². The Morgan fingerprint density at radius 2 is 2.17 bits per heavy atom. The SMILES string of the molecule is CC(=NNC(=O)c1cccc(F)c1)c1cccs1. The molecular weight excluding hydrogens is 251 g/mol. The molecule has 3 nitrogen and oxygen atoms in total. The van der Waals surface area contributed by atoms with Crippen LogP contribution >= 0.6 is 11.3 Å². The molecule has 0 atom stereocenters. The van der Waals surface area contributed by atoms with E-state index in [0.717, 1.165) is 10.6 Å². The predicted octanol–water partition coefficient (Wildman–Crippen LogP) is 3.04. The van der Waals surface area contributed by atoms with Gasteiger partial charge in [-0.1, -0.05) is 12.1 Å². The normalized spacial score (nSPS) is 11.3. The lowest BCUT2D eigenvalue weighted by Gasteiger charge is -2.01. The fraction of sp³-hybridized carbons (Fsp3) is 0.0769. The number of carbonyl (C=O) groups is 1. The van der Waals surface area contributed by atoms with Crippen molar-refractivity contribution in [1.29, 1.82) is 0 Å². The third kappa shape index (κ3) is 3.01. The van der Waals surface area contributed by atoms with Gasteiger partial charge in [0.2, 0.25) is 0 Å². The Hall–Kier alpha value is -2.01. The lowest BCUT2D eigenvalue weighted by atomic mass is 10.2. The summed E-state index contributed by atoms with van der Waals surface area (Å²) < 4.78 is 12.9. The van der Waals surface area contributed by atoms with E-state index in [1.165, 1.54) is 35.6 Å². The second kappa shape index (κ2) is 5.55. The van der Waals surface area contributed by atoms with Crippen LogP contribution in [-0.2, 0) is 0 Å². The molecule has 1 N–H and O–H groups in total. The minimum atomic E-state index is -0.443. The Morgan fingerprint density at radius 1 is 1.33 bits per heavy atom. The molecule has 92 valence electrons. The van der Waals surface area contributed by atoms with Crippen LogP contribution < -0.4 is 5.43 Å². The summed E-state index contributed by atoms with van der Waals surface area (Å²) in [6, 6.07) is 9.31. The van der Waals surface area contributed by atoms with E-state index in [1.807, 2.05) is 17.5 Å². The highest BCUT2D eigenvalue weighted by molar-refractivity contribution is 7.12. The zero-order chi connectivity index (χ0) is 13.0. The third-order valence-electron chi connectivity index (χ3n) is 2.29. The molecule has 0 aliphatic carbocycles. The molecule has 0 aliphatic heterocycles. The summed E-state index contributed by atoms with van der Waals surface area (Å²) >= 11 is 1.54. The Bertz CT molecular complexity index is 578. The molecule has 0 saturated heterocycles. The van der Waals surface area contributed by atoms with Gasteiger partial charge in [-0.15, -0.1) is 11.3 Å². The first-order valence-corrected chi connectivity index (χ1v) is 6.19. The molecule has 1 amide bonds. The number of thiophene rings is 1. The lowest BCUT2D eigenvalue weighted by molar-refractivity contribution is 0.0954. The Labute approximate surface area is 108 Å². The number of hydrogen-bond donors (Lipinski definition) is 1. The minimum Gasteiger partial charge on any atom is -0.267 e. The van der Waals surface area contributed by atoms with Gasteiger partial charge in [-0.25, -0.2) is 9.82 Å². The first kappa shape index (κ1) is 12.4. The van der Waals surface area contributed by atoms with Crippen molar-refractivity contribution in [3.63, 3.8) is 0 Å². The Morgan fingerprint density at radius 3 is 2.83 bits per heavy atom. The van der Waals surface area contributed by atoms with Crippen molar-refractivity contribution >= 4 is 23.0 Å². The van der Waals surface area contributed by atoms with Crippen molar-refractivity contribution in [2.24, 2.45) is 5.10 Å². The fourth-order valence-corrected chi connectivity index (χ4v) is 2.05. The summed E-state index contributed by atoms with van der Waals surface area (Å²) in [7, 11) is 0. The third-order valence-corrected chi connectivity index (χ3v) is 3.27. The summed E-state index contributed by atoms with van der Waals surface area (Å²) in [5, 5.41) is 5.91. The molecule has 1 heterocycles. The number of amides is 1. The molecule has 5 heteroatoms. The smallest absolute Gasteiger partial charge is 0.267 e. The molecule has 1 aromatic heterocycles. The van der Waals surface area contributed by atoms with Gasteiger partial charge in [0.25, 0.3) is 5.91 Å². The predicted molar refractivity (Wildman–Crippen MR) is 70.4 cm³/mol. The van der Waals surface area contributed by atoms with Gasteiger partial charge in [0.15, 0.2) is 0 Å². The van der Waals surface area contributed by atoms with Crippen LogP contribution in [0.5, 0.6) is 0 Å². The second-order valence-electron chi connectivity index (χ2n) is 3.63. The van der Waals surface area contributed by atoms with Crippen LogP contribution in [-0.4, -0.2) is 11.6 Å². The molecule has 18 heavy (non-hydrogen) atoms. The quantitative estimate of drug-likeness (QED) is 0.670. The average Bonchev–Trinajstić information content (AvgIpc) is 2.89. The fourth-order valence-electron chi connectivity index (χ4n) is 1.37. The Balaban J connectivity index is 2.07. The van der Waals surface area contributed by atoms with E-state index in [9.17, 15) is 9.18 Å². The molecule has 0 fully saturated rings. The molecule has 0 unspecified atom stereocenters. The number of hydrogen-bond acceptors (Lipinski definition) is 3. The first-order valence-electron chi connectivity index (χ1n) is 5.31. The van der Waals surface area contributed by atoms with E-state index >= 15 is 0 Å². The van der Waals surface area contributed by atoms with Gasteiger partial charge >= 0.3 is 0 Å². The standard InChI is InChI=1S/C13H11FN2OS/c1-9(12-6-3-7-18-12)15-16-13(17)10-4-2-5-11(14)8-10/h2-8H,1H3,(H,16,17). The largest absolute Gasteiger partial charge is 0.271 e. The maximum absolute atomic E-state index is 12.9. The van der Waals surface area contributed by atoms with Gasteiger partial charge in [-0.3, -0.25) is 4.79 Å². The molecule has 1 aromatic carbocycles. The van der Waals surface area contributed by atoms with Crippen LogP contribution in [0.15, 0.2) is 46.9 Å².